The van der Waals surface area contributed by atoms with Crippen LogP contribution in [0.25, 0.3) is 0 Å². The van der Waals surface area contributed by atoms with Gasteiger partial charge in [0.15, 0.2) is 11.5 Å². The van der Waals surface area contributed by atoms with Crippen LogP contribution in [0.15, 0.2) is 36.5 Å². The number of halogens is 2. The molecule has 3 rings (SSSR count). The monoisotopic (exact) mass is 405 g/mol. The van der Waals surface area contributed by atoms with Gasteiger partial charge in [-0.05, 0) is 30.7 Å². The number of benzene rings is 1. The number of aromatic carboxylic acids is 1. The number of carbonyl (C=O) groups is 2. The highest BCUT2D eigenvalue weighted by molar-refractivity contribution is 6.31. The largest absolute Gasteiger partial charge is 0.476 e. The van der Waals surface area contributed by atoms with E-state index in [1.165, 1.54) is 29.1 Å². The fraction of sp³-hybridized carbons (Fsp3) is 0.222. The number of amides is 1. The van der Waals surface area contributed by atoms with Gasteiger partial charge < -0.3 is 10.4 Å². The van der Waals surface area contributed by atoms with Crippen LogP contribution in [0.5, 0.6) is 0 Å². The SMILES string of the molecule is Cc1cc(NC(=O)CCn2ccc(C(=O)O)n2)nn1Cc1ccc(F)cc1Cl. The minimum atomic E-state index is -1.12. The minimum Gasteiger partial charge on any atom is -0.476 e. The number of aromatic nitrogens is 4. The Bertz CT molecular complexity index is 1030. The van der Waals surface area contributed by atoms with E-state index in [1.54, 1.807) is 16.8 Å². The van der Waals surface area contributed by atoms with Crippen LogP contribution in [-0.2, 0) is 17.9 Å². The summed E-state index contributed by atoms with van der Waals surface area (Å²) < 4.78 is 16.2. The average molecular weight is 406 g/mol. The molecule has 0 radical (unpaired) electrons. The first kappa shape index (κ1) is 19.6. The van der Waals surface area contributed by atoms with E-state index in [-0.39, 0.29) is 24.6 Å². The van der Waals surface area contributed by atoms with Crippen LogP contribution in [0.4, 0.5) is 10.2 Å². The summed E-state index contributed by atoms with van der Waals surface area (Å²) in [7, 11) is 0. The first-order valence-corrected chi connectivity index (χ1v) is 8.74. The smallest absolute Gasteiger partial charge is 0.356 e. The molecule has 0 aliphatic heterocycles. The molecule has 0 bridgehead atoms. The Labute approximate surface area is 164 Å². The second-order valence-electron chi connectivity index (χ2n) is 6.13. The number of nitrogens with zero attached hydrogens (tertiary/aromatic N) is 4. The molecule has 0 aliphatic carbocycles. The lowest BCUT2D eigenvalue weighted by Crippen LogP contribution is -2.15. The lowest BCUT2D eigenvalue weighted by Gasteiger charge is -2.07. The van der Waals surface area contributed by atoms with Crippen LogP contribution in [0, 0.1) is 12.7 Å². The van der Waals surface area contributed by atoms with Crippen LogP contribution < -0.4 is 5.32 Å². The van der Waals surface area contributed by atoms with Gasteiger partial charge in [-0.3, -0.25) is 14.2 Å². The van der Waals surface area contributed by atoms with Gasteiger partial charge in [-0.1, -0.05) is 17.7 Å². The first-order chi connectivity index (χ1) is 13.3. The van der Waals surface area contributed by atoms with Gasteiger partial charge in [0.1, 0.15) is 5.82 Å². The third-order valence-corrected chi connectivity index (χ3v) is 4.36. The summed E-state index contributed by atoms with van der Waals surface area (Å²) in [5, 5.41) is 20.0. The highest BCUT2D eigenvalue weighted by atomic mass is 35.5. The molecule has 10 heteroatoms. The fourth-order valence-electron chi connectivity index (χ4n) is 2.56. The van der Waals surface area contributed by atoms with Gasteiger partial charge >= 0.3 is 5.97 Å². The maximum Gasteiger partial charge on any atom is 0.356 e. The van der Waals surface area contributed by atoms with E-state index in [9.17, 15) is 14.0 Å². The zero-order chi connectivity index (χ0) is 20.3. The quantitative estimate of drug-likeness (QED) is 0.629. The van der Waals surface area contributed by atoms with Gasteiger partial charge in [-0.25, -0.2) is 9.18 Å². The molecule has 8 nitrogen and oxygen atoms in total. The molecule has 2 aromatic heterocycles. The molecule has 0 fully saturated rings. The van der Waals surface area contributed by atoms with Gasteiger partial charge in [0.25, 0.3) is 0 Å². The lowest BCUT2D eigenvalue weighted by atomic mass is 10.2. The third-order valence-electron chi connectivity index (χ3n) is 4.01. The maximum absolute atomic E-state index is 13.2. The summed E-state index contributed by atoms with van der Waals surface area (Å²) in [5.41, 5.74) is 1.43. The molecule has 0 aliphatic rings. The summed E-state index contributed by atoms with van der Waals surface area (Å²) in [6.07, 6.45) is 1.61. The van der Waals surface area contributed by atoms with Crippen molar-refractivity contribution in [2.75, 3.05) is 5.32 Å². The van der Waals surface area contributed by atoms with Crippen LogP contribution in [-0.4, -0.2) is 36.5 Å². The second-order valence-corrected chi connectivity index (χ2v) is 6.54. The number of carboxylic acid groups (broad SMARTS) is 1. The number of hydrogen-bond donors (Lipinski definition) is 2. The van der Waals surface area contributed by atoms with E-state index in [1.807, 2.05) is 6.92 Å². The number of aryl methyl sites for hydroxylation is 2. The van der Waals surface area contributed by atoms with Crippen LogP contribution in [0.3, 0.4) is 0 Å². The molecule has 1 aromatic carbocycles. The molecule has 3 aromatic rings. The standard InChI is InChI=1S/C18H17ClFN5O3/c1-11-8-16(23-25(11)10-12-2-3-13(20)9-14(12)19)21-17(26)5-7-24-6-4-15(22-24)18(27)28/h2-4,6,8-9H,5,7,10H2,1H3,(H,27,28)(H,21,23,26). The zero-order valence-corrected chi connectivity index (χ0v) is 15.6. The summed E-state index contributed by atoms with van der Waals surface area (Å²) in [6, 6.07) is 7.24. The van der Waals surface area contributed by atoms with Gasteiger partial charge in [0.05, 0.1) is 6.54 Å². The number of anilines is 1. The lowest BCUT2D eigenvalue weighted by molar-refractivity contribution is -0.116. The molecular weight excluding hydrogens is 389 g/mol. The van der Waals surface area contributed by atoms with Gasteiger partial charge in [-0.15, -0.1) is 0 Å². The van der Waals surface area contributed by atoms with Crippen molar-refractivity contribution in [3.8, 4) is 0 Å². The Kier molecular flexibility index (Phi) is 5.74. The number of carboxylic acids is 1. The highest BCUT2D eigenvalue weighted by Crippen LogP contribution is 2.20. The molecular formula is C18H17ClFN5O3. The van der Waals surface area contributed by atoms with Crippen LogP contribution in [0.2, 0.25) is 5.02 Å². The average Bonchev–Trinajstić information content (AvgIpc) is 3.23. The Morgan fingerprint density at radius 2 is 2.04 bits per heavy atom. The van der Waals surface area contributed by atoms with E-state index >= 15 is 0 Å². The van der Waals surface area contributed by atoms with Crippen molar-refractivity contribution in [3.05, 3.63) is 64.3 Å². The fourth-order valence-corrected chi connectivity index (χ4v) is 2.79. The molecule has 2 heterocycles. The molecule has 1 amide bonds. The van der Waals surface area contributed by atoms with E-state index in [0.717, 1.165) is 5.69 Å². The van der Waals surface area contributed by atoms with Crippen molar-refractivity contribution in [1.29, 1.82) is 0 Å². The van der Waals surface area contributed by atoms with Crippen molar-refractivity contribution in [2.45, 2.75) is 26.4 Å². The predicted molar refractivity (Wildman–Crippen MR) is 99.9 cm³/mol. The molecule has 0 atom stereocenters. The topological polar surface area (TPSA) is 102 Å². The summed E-state index contributed by atoms with van der Waals surface area (Å²) in [6.45, 7) is 2.41. The van der Waals surface area contributed by atoms with Crippen LogP contribution >= 0.6 is 11.6 Å². The molecule has 146 valence electrons. The number of rotatable bonds is 7. The van der Waals surface area contributed by atoms with Crippen LogP contribution in [0.1, 0.15) is 28.2 Å². The zero-order valence-electron chi connectivity index (χ0n) is 14.9. The van der Waals surface area contributed by atoms with Crippen molar-refractivity contribution < 1.29 is 19.1 Å². The molecule has 0 saturated heterocycles. The van der Waals surface area contributed by atoms with Gasteiger partial charge in [0.2, 0.25) is 5.91 Å². The Hall–Kier alpha value is -3.20. The van der Waals surface area contributed by atoms with E-state index in [4.69, 9.17) is 16.7 Å². The summed E-state index contributed by atoms with van der Waals surface area (Å²) >= 11 is 6.05. The normalized spacial score (nSPS) is 10.8. The maximum atomic E-state index is 13.2. The number of carbonyl (C=O) groups excluding carboxylic acids is 1. The van der Waals surface area contributed by atoms with Crippen molar-refractivity contribution in [2.24, 2.45) is 0 Å². The minimum absolute atomic E-state index is 0.0748. The van der Waals surface area contributed by atoms with Crippen molar-refractivity contribution in [3.63, 3.8) is 0 Å². The Morgan fingerprint density at radius 1 is 1.25 bits per heavy atom. The molecule has 0 spiro atoms. The van der Waals surface area contributed by atoms with Gasteiger partial charge in [-0.2, -0.15) is 10.2 Å². The van der Waals surface area contributed by atoms with Crippen molar-refractivity contribution >= 4 is 29.3 Å². The molecule has 0 unspecified atom stereocenters. The van der Waals surface area contributed by atoms with Crippen molar-refractivity contribution in [1.82, 2.24) is 19.6 Å². The summed E-state index contributed by atoms with van der Waals surface area (Å²) in [4.78, 5) is 22.9. The second kappa shape index (κ2) is 8.22. The van der Waals surface area contributed by atoms with Gasteiger partial charge in [0, 0.05) is 35.9 Å². The predicted octanol–water partition coefficient (Wildman–Crippen LogP) is 2.96. The van der Waals surface area contributed by atoms with E-state index < -0.39 is 11.8 Å². The van der Waals surface area contributed by atoms with E-state index in [2.05, 4.69) is 15.5 Å². The summed E-state index contributed by atoms with van der Waals surface area (Å²) in [5.74, 6) is -1.43. The Balaban J connectivity index is 1.59. The van der Waals surface area contributed by atoms with E-state index in [0.29, 0.717) is 22.9 Å². The first-order valence-electron chi connectivity index (χ1n) is 8.37. The molecule has 28 heavy (non-hydrogen) atoms. The highest BCUT2D eigenvalue weighted by Gasteiger charge is 2.12. The Morgan fingerprint density at radius 3 is 2.71 bits per heavy atom. The molecule has 0 saturated carbocycles. The third kappa shape index (κ3) is 4.74. The number of hydrogen-bond acceptors (Lipinski definition) is 4. The number of nitrogens with one attached hydrogen (secondary N) is 1. The molecule has 2 N–H and O–H groups in total.